The second-order valence-corrected chi connectivity index (χ2v) is 13.4. The topological polar surface area (TPSA) is 3.24 Å². The van der Waals surface area contributed by atoms with Crippen LogP contribution in [0.1, 0.15) is 27.8 Å². The first-order valence-electron chi connectivity index (χ1n) is 17.7. The smallest absolute Gasteiger partial charge is 0.0714 e. The maximum atomic E-state index is 2.45. The summed E-state index contributed by atoms with van der Waals surface area (Å²) in [5, 5.41) is 0. The van der Waals surface area contributed by atoms with E-state index in [9.17, 15) is 0 Å². The van der Waals surface area contributed by atoms with E-state index in [1.54, 1.807) is 0 Å². The summed E-state index contributed by atoms with van der Waals surface area (Å²) >= 11 is 0. The third-order valence-corrected chi connectivity index (χ3v) is 10.5. The van der Waals surface area contributed by atoms with Crippen LogP contribution in [0.3, 0.4) is 0 Å². The molecule has 51 heavy (non-hydrogen) atoms. The Bertz CT molecular complexity index is 2430. The highest BCUT2D eigenvalue weighted by Crippen LogP contribution is 2.57. The molecule has 242 valence electrons. The molecule has 1 nitrogen and oxygen atoms in total. The molecule has 0 saturated carbocycles. The van der Waals surface area contributed by atoms with Gasteiger partial charge in [-0.3, -0.25) is 0 Å². The average molecular weight is 652 g/mol. The summed E-state index contributed by atoms with van der Waals surface area (Å²) in [4.78, 5) is 2.44. The highest BCUT2D eigenvalue weighted by Gasteiger charge is 2.46. The largest absolute Gasteiger partial charge is 0.310 e. The van der Waals surface area contributed by atoms with E-state index >= 15 is 0 Å². The molecule has 0 aliphatic heterocycles. The molecule has 0 N–H and O–H groups in total. The minimum atomic E-state index is -0.478. The van der Waals surface area contributed by atoms with Crippen molar-refractivity contribution in [3.05, 3.63) is 234 Å². The molecule has 1 heteroatoms. The third kappa shape index (κ3) is 5.18. The van der Waals surface area contributed by atoms with Gasteiger partial charge in [-0.15, -0.1) is 0 Å². The zero-order valence-corrected chi connectivity index (χ0v) is 28.6. The van der Waals surface area contributed by atoms with Crippen LogP contribution in [-0.2, 0) is 5.41 Å². The summed E-state index contributed by atoms with van der Waals surface area (Å²) in [6.07, 6.45) is 0. The zero-order chi connectivity index (χ0) is 34.2. The lowest BCUT2D eigenvalue weighted by molar-refractivity contribution is 0.768. The van der Waals surface area contributed by atoms with Gasteiger partial charge in [0.15, 0.2) is 0 Å². The minimum absolute atomic E-state index is 0.478. The van der Waals surface area contributed by atoms with Crippen molar-refractivity contribution in [3.63, 3.8) is 0 Å². The molecular weight excluding hydrogens is 615 g/mol. The Morgan fingerprint density at radius 1 is 0.353 bits per heavy atom. The fourth-order valence-corrected chi connectivity index (χ4v) is 8.17. The summed E-state index contributed by atoms with van der Waals surface area (Å²) in [7, 11) is 0. The number of aryl methyl sites for hydroxylation is 1. The van der Waals surface area contributed by atoms with Gasteiger partial charge in [0.05, 0.1) is 5.41 Å². The van der Waals surface area contributed by atoms with Crippen LogP contribution in [0.4, 0.5) is 17.1 Å². The first kappa shape index (κ1) is 30.6. The van der Waals surface area contributed by atoms with Gasteiger partial charge in [-0.05, 0) is 105 Å². The van der Waals surface area contributed by atoms with E-state index in [1.807, 2.05) is 0 Å². The molecule has 8 aromatic rings. The van der Waals surface area contributed by atoms with Crippen molar-refractivity contribution in [2.45, 2.75) is 12.3 Å². The first-order valence-corrected chi connectivity index (χ1v) is 17.7. The fourth-order valence-electron chi connectivity index (χ4n) is 8.17. The number of fused-ring (bicyclic) bond motifs is 3. The van der Waals surface area contributed by atoms with Gasteiger partial charge in [0, 0.05) is 17.1 Å². The third-order valence-electron chi connectivity index (χ3n) is 10.5. The monoisotopic (exact) mass is 651 g/mol. The molecule has 0 heterocycles. The van der Waals surface area contributed by atoms with E-state index in [0.717, 1.165) is 17.1 Å². The Kier molecular flexibility index (Phi) is 7.67. The lowest BCUT2D eigenvalue weighted by Gasteiger charge is -2.35. The molecule has 1 aliphatic carbocycles. The maximum absolute atomic E-state index is 2.45. The summed E-state index contributed by atoms with van der Waals surface area (Å²) in [6, 6.07) is 75.3. The van der Waals surface area contributed by atoms with Gasteiger partial charge in [-0.1, -0.05) is 170 Å². The zero-order valence-electron chi connectivity index (χ0n) is 28.6. The second-order valence-electron chi connectivity index (χ2n) is 13.4. The van der Waals surface area contributed by atoms with Crippen LogP contribution >= 0.6 is 0 Å². The van der Waals surface area contributed by atoms with E-state index in [4.69, 9.17) is 0 Å². The summed E-state index contributed by atoms with van der Waals surface area (Å²) in [6.45, 7) is 2.23. The van der Waals surface area contributed by atoms with Crippen molar-refractivity contribution >= 4 is 17.1 Å². The maximum Gasteiger partial charge on any atom is 0.0714 e. The highest BCUT2D eigenvalue weighted by molar-refractivity contribution is 5.90. The Hall–Kier alpha value is -6.44. The normalized spacial score (nSPS) is 12.6. The van der Waals surface area contributed by atoms with Gasteiger partial charge < -0.3 is 4.90 Å². The highest BCUT2D eigenvalue weighted by atomic mass is 15.1. The molecule has 0 saturated heterocycles. The van der Waals surface area contributed by atoms with Gasteiger partial charge in [-0.2, -0.15) is 0 Å². The molecular formula is C50H37N. The molecule has 0 atom stereocenters. The van der Waals surface area contributed by atoms with Crippen molar-refractivity contribution in [1.82, 2.24) is 0 Å². The van der Waals surface area contributed by atoms with Crippen LogP contribution in [-0.4, -0.2) is 0 Å². The van der Waals surface area contributed by atoms with Crippen LogP contribution in [0.25, 0.3) is 33.4 Å². The van der Waals surface area contributed by atoms with Crippen molar-refractivity contribution in [1.29, 1.82) is 0 Å². The van der Waals surface area contributed by atoms with Gasteiger partial charge in [-0.25, -0.2) is 0 Å². The molecule has 1 aliphatic rings. The molecule has 0 aromatic heterocycles. The summed E-state index contributed by atoms with van der Waals surface area (Å²) in [5.41, 5.74) is 16.6. The first-order chi connectivity index (χ1) is 25.2. The van der Waals surface area contributed by atoms with E-state index in [1.165, 1.54) is 61.2 Å². The Morgan fingerprint density at radius 2 is 0.863 bits per heavy atom. The SMILES string of the molecule is Cc1cc(-c2ccccc2)ccc1N(c1cccc(-c2ccccc2)c1)c1ccc2c(c1)C(c1ccccc1)(c1ccccc1)c1ccccc1-2. The van der Waals surface area contributed by atoms with Gasteiger partial charge in [0.25, 0.3) is 0 Å². The van der Waals surface area contributed by atoms with Crippen molar-refractivity contribution in [3.8, 4) is 33.4 Å². The predicted octanol–water partition coefficient (Wildman–Crippen LogP) is 13.2. The molecule has 0 unspecified atom stereocenters. The summed E-state index contributed by atoms with van der Waals surface area (Å²) < 4.78 is 0. The molecule has 9 rings (SSSR count). The Labute approximate surface area is 300 Å². The lowest BCUT2D eigenvalue weighted by atomic mass is 9.67. The lowest BCUT2D eigenvalue weighted by Crippen LogP contribution is -2.28. The summed E-state index contributed by atoms with van der Waals surface area (Å²) in [5.74, 6) is 0. The van der Waals surface area contributed by atoms with Crippen molar-refractivity contribution < 1.29 is 0 Å². The Morgan fingerprint density at radius 3 is 1.49 bits per heavy atom. The number of nitrogens with zero attached hydrogens (tertiary/aromatic N) is 1. The van der Waals surface area contributed by atoms with Gasteiger partial charge >= 0.3 is 0 Å². The molecule has 8 aromatic carbocycles. The number of hydrogen-bond acceptors (Lipinski definition) is 1. The Balaban J connectivity index is 1.30. The van der Waals surface area contributed by atoms with Gasteiger partial charge in [0.2, 0.25) is 0 Å². The van der Waals surface area contributed by atoms with E-state index in [2.05, 4.69) is 218 Å². The van der Waals surface area contributed by atoms with E-state index in [0.29, 0.717) is 0 Å². The predicted molar refractivity (Wildman–Crippen MR) is 214 cm³/mol. The standard InChI is InChI=1S/C50H37N/c1-36-33-40(38-19-8-3-9-20-38)29-32-49(36)51(43-26-16-21-39(34-43)37-17-6-2-7-18-37)44-30-31-46-45-27-14-15-28-47(45)50(48(46)35-44,41-22-10-4-11-23-41)42-24-12-5-13-25-42/h2-35H,1H3. The number of anilines is 3. The van der Waals surface area contributed by atoms with Crippen molar-refractivity contribution in [2.75, 3.05) is 4.90 Å². The number of benzene rings is 8. The van der Waals surface area contributed by atoms with Crippen LogP contribution in [0, 0.1) is 6.92 Å². The van der Waals surface area contributed by atoms with E-state index < -0.39 is 5.41 Å². The van der Waals surface area contributed by atoms with Crippen LogP contribution < -0.4 is 4.90 Å². The molecule has 0 amide bonds. The average Bonchev–Trinajstić information content (AvgIpc) is 3.50. The van der Waals surface area contributed by atoms with Gasteiger partial charge in [0.1, 0.15) is 0 Å². The van der Waals surface area contributed by atoms with Crippen molar-refractivity contribution in [2.24, 2.45) is 0 Å². The van der Waals surface area contributed by atoms with Crippen LogP contribution in [0.15, 0.2) is 206 Å². The van der Waals surface area contributed by atoms with E-state index in [-0.39, 0.29) is 0 Å². The van der Waals surface area contributed by atoms with Crippen LogP contribution in [0.5, 0.6) is 0 Å². The number of rotatable bonds is 7. The fraction of sp³-hybridized carbons (Fsp3) is 0.0400. The molecule has 0 fully saturated rings. The molecule has 0 spiro atoms. The van der Waals surface area contributed by atoms with Crippen LogP contribution in [0.2, 0.25) is 0 Å². The molecule has 0 radical (unpaired) electrons. The number of hydrogen-bond donors (Lipinski definition) is 0. The minimum Gasteiger partial charge on any atom is -0.310 e. The quantitative estimate of drug-likeness (QED) is 0.166. The second kappa shape index (κ2) is 12.8. The molecule has 0 bridgehead atoms.